The number of hydrogen-bond donors (Lipinski definition) is 1. The molecule has 2 heterocycles. The minimum absolute atomic E-state index is 0.0850. The van der Waals surface area contributed by atoms with Gasteiger partial charge in [-0.2, -0.15) is 11.8 Å². The molecule has 130 valence electrons. The van der Waals surface area contributed by atoms with Crippen LogP contribution >= 0.6 is 23.1 Å². The van der Waals surface area contributed by atoms with Gasteiger partial charge in [-0.15, -0.1) is 11.3 Å². The van der Waals surface area contributed by atoms with Gasteiger partial charge in [-0.1, -0.05) is 51.1 Å². The van der Waals surface area contributed by atoms with Crippen LogP contribution in [0.15, 0.2) is 35.7 Å². The van der Waals surface area contributed by atoms with Crippen LogP contribution in [0.4, 0.5) is 0 Å². The number of benzene rings is 1. The summed E-state index contributed by atoms with van der Waals surface area (Å²) in [6.07, 6.45) is 0. The van der Waals surface area contributed by atoms with E-state index < -0.39 is 0 Å². The lowest BCUT2D eigenvalue weighted by molar-refractivity contribution is 0.0915. The SMILES string of the molecule is CC(C)(C)c1csc(CN2[C@@H](CO)CSC[C@@H]2c2ccccc2)n1. The first-order valence-corrected chi connectivity index (χ1v) is 10.5. The van der Waals surface area contributed by atoms with E-state index in [1.54, 1.807) is 11.3 Å². The predicted molar refractivity (Wildman–Crippen MR) is 104 cm³/mol. The van der Waals surface area contributed by atoms with Crippen LogP contribution in [-0.2, 0) is 12.0 Å². The van der Waals surface area contributed by atoms with E-state index in [0.717, 1.165) is 28.8 Å². The fraction of sp³-hybridized carbons (Fsp3) is 0.526. The number of rotatable bonds is 4. The Hall–Kier alpha value is -0.880. The van der Waals surface area contributed by atoms with Crippen molar-refractivity contribution < 1.29 is 5.11 Å². The maximum Gasteiger partial charge on any atom is 0.107 e. The van der Waals surface area contributed by atoms with Gasteiger partial charge in [0.25, 0.3) is 0 Å². The molecule has 2 atom stereocenters. The van der Waals surface area contributed by atoms with E-state index >= 15 is 0 Å². The summed E-state index contributed by atoms with van der Waals surface area (Å²) in [5.41, 5.74) is 2.57. The van der Waals surface area contributed by atoms with Crippen molar-refractivity contribution in [3.63, 3.8) is 0 Å². The number of aromatic nitrogens is 1. The highest BCUT2D eigenvalue weighted by atomic mass is 32.2. The summed E-state index contributed by atoms with van der Waals surface area (Å²) in [7, 11) is 0. The molecule has 1 aromatic heterocycles. The molecule has 0 bridgehead atoms. The predicted octanol–water partition coefficient (Wildman–Crippen LogP) is 4.09. The first-order chi connectivity index (χ1) is 11.5. The van der Waals surface area contributed by atoms with E-state index in [4.69, 9.17) is 4.98 Å². The van der Waals surface area contributed by atoms with Gasteiger partial charge < -0.3 is 5.11 Å². The summed E-state index contributed by atoms with van der Waals surface area (Å²) >= 11 is 3.67. The highest BCUT2D eigenvalue weighted by Gasteiger charge is 2.32. The van der Waals surface area contributed by atoms with Gasteiger partial charge in [0.15, 0.2) is 0 Å². The fourth-order valence-corrected chi connectivity index (χ4v) is 5.35. The Bertz CT molecular complexity index is 651. The van der Waals surface area contributed by atoms with E-state index in [2.05, 4.69) is 61.4 Å². The van der Waals surface area contributed by atoms with Gasteiger partial charge in [0.05, 0.1) is 18.8 Å². The van der Waals surface area contributed by atoms with Crippen molar-refractivity contribution in [2.75, 3.05) is 18.1 Å². The van der Waals surface area contributed by atoms with Gasteiger partial charge in [-0.25, -0.2) is 4.98 Å². The van der Waals surface area contributed by atoms with E-state index in [-0.39, 0.29) is 18.1 Å². The Kier molecular flexibility index (Phi) is 5.65. The molecule has 0 radical (unpaired) electrons. The number of thioether (sulfide) groups is 1. The second-order valence-electron chi connectivity index (χ2n) is 7.35. The van der Waals surface area contributed by atoms with Crippen molar-refractivity contribution in [2.24, 2.45) is 0 Å². The number of nitrogens with zero attached hydrogens (tertiary/aromatic N) is 2. The third-order valence-corrected chi connectivity index (χ3v) is 6.49. The van der Waals surface area contributed by atoms with E-state index in [1.807, 2.05) is 11.8 Å². The van der Waals surface area contributed by atoms with Crippen molar-refractivity contribution >= 4 is 23.1 Å². The maximum atomic E-state index is 9.87. The van der Waals surface area contributed by atoms with Crippen LogP contribution in [0.2, 0.25) is 0 Å². The fourth-order valence-electron chi connectivity index (χ4n) is 3.01. The van der Waals surface area contributed by atoms with Gasteiger partial charge in [0.1, 0.15) is 5.01 Å². The minimum Gasteiger partial charge on any atom is -0.395 e. The van der Waals surface area contributed by atoms with Gasteiger partial charge in [-0.3, -0.25) is 4.90 Å². The van der Waals surface area contributed by atoms with Crippen molar-refractivity contribution in [3.8, 4) is 0 Å². The summed E-state index contributed by atoms with van der Waals surface area (Å²) in [6.45, 7) is 7.62. The highest BCUT2D eigenvalue weighted by molar-refractivity contribution is 7.99. The topological polar surface area (TPSA) is 36.4 Å². The van der Waals surface area contributed by atoms with Crippen LogP contribution in [0.1, 0.15) is 43.1 Å². The molecule has 0 unspecified atom stereocenters. The summed E-state index contributed by atoms with van der Waals surface area (Å²) < 4.78 is 0. The van der Waals surface area contributed by atoms with Gasteiger partial charge >= 0.3 is 0 Å². The second kappa shape index (κ2) is 7.56. The van der Waals surface area contributed by atoms with E-state index in [0.29, 0.717) is 6.04 Å². The number of hydrogen-bond acceptors (Lipinski definition) is 5. The summed E-state index contributed by atoms with van der Waals surface area (Å²) in [5, 5.41) is 13.2. The Labute approximate surface area is 153 Å². The smallest absolute Gasteiger partial charge is 0.107 e. The Morgan fingerprint density at radius 2 is 1.96 bits per heavy atom. The van der Waals surface area contributed by atoms with Crippen molar-refractivity contribution in [3.05, 3.63) is 52.0 Å². The monoisotopic (exact) mass is 362 g/mol. The quantitative estimate of drug-likeness (QED) is 0.889. The molecule has 24 heavy (non-hydrogen) atoms. The summed E-state index contributed by atoms with van der Waals surface area (Å²) in [4.78, 5) is 7.30. The molecule has 2 aromatic rings. The number of aliphatic hydroxyl groups is 1. The highest BCUT2D eigenvalue weighted by Crippen LogP contribution is 2.35. The van der Waals surface area contributed by atoms with Gasteiger partial charge in [0.2, 0.25) is 0 Å². The molecule has 0 aliphatic carbocycles. The molecule has 1 N–H and O–H groups in total. The zero-order valence-corrected chi connectivity index (χ0v) is 16.2. The van der Waals surface area contributed by atoms with Crippen molar-refractivity contribution in [2.45, 2.75) is 44.8 Å². The van der Waals surface area contributed by atoms with E-state index in [9.17, 15) is 5.11 Å². The Morgan fingerprint density at radius 3 is 2.58 bits per heavy atom. The molecule has 3 nitrogen and oxygen atoms in total. The lowest BCUT2D eigenvalue weighted by Gasteiger charge is -2.41. The standard InChI is InChI=1S/C19H26N2OS2/c1-19(2,3)17-13-24-18(20-17)9-21-15(10-22)11-23-12-16(21)14-7-5-4-6-8-14/h4-8,13,15-16,22H,9-12H2,1-3H3/t15-,16+/m0/s1. The summed E-state index contributed by atoms with van der Waals surface area (Å²) in [5.74, 6) is 2.05. The average molecular weight is 363 g/mol. The minimum atomic E-state index is 0.0850. The maximum absolute atomic E-state index is 9.87. The number of aliphatic hydroxyl groups excluding tert-OH is 1. The third-order valence-electron chi connectivity index (χ3n) is 4.49. The molecule has 1 aliphatic rings. The number of thiazole rings is 1. The molecule has 0 amide bonds. The Morgan fingerprint density at radius 1 is 1.21 bits per heavy atom. The van der Waals surface area contributed by atoms with Gasteiger partial charge in [-0.05, 0) is 5.56 Å². The zero-order valence-electron chi connectivity index (χ0n) is 14.6. The van der Waals surface area contributed by atoms with Crippen molar-refractivity contribution in [1.29, 1.82) is 0 Å². The van der Waals surface area contributed by atoms with Crippen LogP contribution < -0.4 is 0 Å². The lowest BCUT2D eigenvalue weighted by atomic mass is 9.93. The van der Waals surface area contributed by atoms with Crippen LogP contribution in [-0.4, -0.2) is 39.1 Å². The van der Waals surface area contributed by atoms with E-state index in [1.165, 1.54) is 5.56 Å². The molecule has 1 aromatic carbocycles. The molecule has 1 aliphatic heterocycles. The molecular weight excluding hydrogens is 336 g/mol. The lowest BCUT2D eigenvalue weighted by Crippen LogP contribution is -2.46. The largest absolute Gasteiger partial charge is 0.395 e. The van der Waals surface area contributed by atoms with Crippen LogP contribution in [0.25, 0.3) is 0 Å². The van der Waals surface area contributed by atoms with Crippen LogP contribution in [0.3, 0.4) is 0 Å². The van der Waals surface area contributed by atoms with Crippen molar-refractivity contribution in [1.82, 2.24) is 9.88 Å². The molecule has 1 fully saturated rings. The first kappa shape index (κ1) is 17.9. The second-order valence-corrected chi connectivity index (χ2v) is 9.37. The zero-order chi connectivity index (χ0) is 17.2. The first-order valence-electron chi connectivity index (χ1n) is 8.43. The average Bonchev–Trinajstić information content (AvgIpc) is 3.05. The van der Waals surface area contributed by atoms with Gasteiger partial charge in [0, 0.05) is 34.4 Å². The third kappa shape index (κ3) is 4.02. The molecule has 0 spiro atoms. The Balaban J connectivity index is 1.84. The molecular formula is C19H26N2OS2. The molecule has 5 heteroatoms. The van der Waals surface area contributed by atoms with Crippen LogP contribution in [0, 0.1) is 0 Å². The molecule has 3 rings (SSSR count). The summed E-state index contributed by atoms with van der Waals surface area (Å²) in [6, 6.07) is 11.2. The normalized spacial score (nSPS) is 22.7. The van der Waals surface area contributed by atoms with Crippen LogP contribution in [0.5, 0.6) is 0 Å². The molecule has 1 saturated heterocycles. The molecule has 0 saturated carbocycles.